The van der Waals surface area contributed by atoms with Gasteiger partial charge in [0, 0.05) is 45.0 Å². The summed E-state index contributed by atoms with van der Waals surface area (Å²) < 4.78 is 35.5. The fraction of sp³-hybridized carbons (Fsp3) is 0.833. The molecule has 2 atom stereocenters. The molecule has 1 aliphatic carbocycles. The van der Waals surface area contributed by atoms with E-state index in [1.165, 1.54) is 6.42 Å². The molecule has 1 saturated carbocycles. The van der Waals surface area contributed by atoms with Crippen LogP contribution in [0.4, 0.5) is 0 Å². The van der Waals surface area contributed by atoms with Crippen molar-refractivity contribution in [2.24, 2.45) is 11.8 Å². The maximum atomic E-state index is 13.3. The van der Waals surface area contributed by atoms with Crippen LogP contribution in [0.5, 0.6) is 0 Å². The molecule has 0 unspecified atom stereocenters. The lowest BCUT2D eigenvalue weighted by atomic mass is 9.73. The molecule has 26 heavy (non-hydrogen) atoms. The van der Waals surface area contributed by atoms with Gasteiger partial charge in [0.1, 0.15) is 4.90 Å². The van der Waals surface area contributed by atoms with E-state index in [4.69, 9.17) is 4.74 Å². The maximum absolute atomic E-state index is 13.3. The van der Waals surface area contributed by atoms with Crippen molar-refractivity contribution >= 4 is 10.0 Å². The van der Waals surface area contributed by atoms with Gasteiger partial charge >= 0.3 is 0 Å². The number of rotatable bonds is 4. The SMILES string of the molecule is CCn1cc(S(=O)(=O)N2C[C@H]3CCC[C@H](C2)C3N2CCOCC2)c(C)n1. The molecular formula is C18H30N4O3S. The molecule has 3 fully saturated rings. The lowest BCUT2D eigenvalue weighted by Crippen LogP contribution is -2.60. The van der Waals surface area contributed by atoms with E-state index in [1.807, 2.05) is 6.92 Å². The normalized spacial score (nSPS) is 31.2. The first-order valence-corrected chi connectivity index (χ1v) is 11.3. The van der Waals surface area contributed by atoms with Crippen molar-refractivity contribution in [1.82, 2.24) is 19.0 Å². The van der Waals surface area contributed by atoms with Crippen LogP contribution in [0.3, 0.4) is 0 Å². The summed E-state index contributed by atoms with van der Waals surface area (Å²) in [5.74, 6) is 0.855. The Kier molecular flexibility index (Phi) is 5.11. The van der Waals surface area contributed by atoms with E-state index in [2.05, 4.69) is 10.00 Å². The van der Waals surface area contributed by atoms with Crippen LogP contribution in [0.2, 0.25) is 0 Å². The third kappa shape index (κ3) is 3.21. The second-order valence-corrected chi connectivity index (χ2v) is 9.75. The number of sulfonamides is 1. The third-order valence-corrected chi connectivity index (χ3v) is 8.24. The summed E-state index contributed by atoms with van der Waals surface area (Å²) in [5, 5.41) is 4.34. The van der Waals surface area contributed by atoms with Gasteiger partial charge in [-0.15, -0.1) is 0 Å². The highest BCUT2D eigenvalue weighted by Crippen LogP contribution is 2.40. The van der Waals surface area contributed by atoms with Gasteiger partial charge in [-0.2, -0.15) is 9.40 Å². The first-order valence-electron chi connectivity index (χ1n) is 9.86. The molecule has 0 radical (unpaired) electrons. The highest BCUT2D eigenvalue weighted by atomic mass is 32.2. The molecule has 2 saturated heterocycles. The minimum Gasteiger partial charge on any atom is -0.379 e. The van der Waals surface area contributed by atoms with E-state index in [1.54, 1.807) is 22.1 Å². The molecule has 1 aromatic rings. The van der Waals surface area contributed by atoms with Crippen LogP contribution >= 0.6 is 0 Å². The average molecular weight is 383 g/mol. The zero-order valence-corrected chi connectivity index (χ0v) is 16.6. The maximum Gasteiger partial charge on any atom is 0.246 e. The molecule has 8 heteroatoms. The zero-order valence-electron chi connectivity index (χ0n) is 15.8. The molecule has 0 spiro atoms. The van der Waals surface area contributed by atoms with Crippen molar-refractivity contribution in [2.45, 2.75) is 50.6 Å². The van der Waals surface area contributed by atoms with Gasteiger partial charge in [-0.25, -0.2) is 8.42 Å². The first-order chi connectivity index (χ1) is 12.5. The summed E-state index contributed by atoms with van der Waals surface area (Å²) in [7, 11) is -3.47. The standard InChI is InChI=1S/C18H30N4O3S/c1-3-21-13-17(14(2)19-21)26(23,24)22-11-15-5-4-6-16(12-22)18(15)20-7-9-25-10-8-20/h13,15-16,18H,3-12H2,1-2H3/t15-,16-/m1/s1. The van der Waals surface area contributed by atoms with E-state index in [0.717, 1.165) is 39.1 Å². The molecular weight excluding hydrogens is 352 g/mol. The molecule has 4 rings (SSSR count). The van der Waals surface area contributed by atoms with Gasteiger partial charge in [-0.05, 0) is 38.5 Å². The van der Waals surface area contributed by atoms with Gasteiger partial charge in [0.2, 0.25) is 10.0 Å². The Balaban J connectivity index is 1.57. The van der Waals surface area contributed by atoms with E-state index in [-0.39, 0.29) is 0 Å². The molecule has 1 aromatic heterocycles. The number of ether oxygens (including phenoxy) is 1. The van der Waals surface area contributed by atoms with Crippen LogP contribution in [0.25, 0.3) is 0 Å². The Bertz CT molecular complexity index is 728. The van der Waals surface area contributed by atoms with E-state index in [9.17, 15) is 8.42 Å². The fourth-order valence-corrected chi connectivity index (χ4v) is 6.81. The Morgan fingerprint density at radius 1 is 1.19 bits per heavy atom. The topological polar surface area (TPSA) is 67.7 Å². The number of morpholine rings is 1. The number of hydrogen-bond donors (Lipinski definition) is 0. The average Bonchev–Trinajstić information content (AvgIpc) is 3.03. The summed E-state index contributed by atoms with van der Waals surface area (Å²) in [6, 6.07) is 0.513. The van der Waals surface area contributed by atoms with Gasteiger partial charge in [-0.1, -0.05) is 6.42 Å². The van der Waals surface area contributed by atoms with Gasteiger partial charge in [-0.3, -0.25) is 9.58 Å². The molecule has 3 aliphatic rings. The second-order valence-electron chi connectivity index (χ2n) is 7.85. The van der Waals surface area contributed by atoms with Crippen LogP contribution < -0.4 is 0 Å². The zero-order chi connectivity index (χ0) is 18.3. The second kappa shape index (κ2) is 7.22. The van der Waals surface area contributed by atoms with Crippen molar-refractivity contribution in [1.29, 1.82) is 0 Å². The molecule has 0 amide bonds. The molecule has 7 nitrogen and oxygen atoms in total. The number of hydrogen-bond acceptors (Lipinski definition) is 5. The van der Waals surface area contributed by atoms with Crippen LogP contribution in [0, 0.1) is 18.8 Å². The summed E-state index contributed by atoms with van der Waals surface area (Å²) in [4.78, 5) is 2.93. The number of aryl methyl sites for hydroxylation is 2. The van der Waals surface area contributed by atoms with Crippen molar-refractivity contribution in [2.75, 3.05) is 39.4 Å². The van der Waals surface area contributed by atoms with Crippen molar-refractivity contribution < 1.29 is 13.2 Å². The lowest BCUT2D eigenvalue weighted by molar-refractivity contribution is -0.0480. The number of nitrogens with zero attached hydrogens (tertiary/aromatic N) is 4. The number of fused-ring (bicyclic) bond motifs is 2. The van der Waals surface area contributed by atoms with E-state index < -0.39 is 10.0 Å². The monoisotopic (exact) mass is 382 g/mol. The largest absolute Gasteiger partial charge is 0.379 e. The first kappa shape index (κ1) is 18.4. The summed E-state index contributed by atoms with van der Waals surface area (Å²) in [5.41, 5.74) is 0.604. The van der Waals surface area contributed by atoms with Gasteiger partial charge < -0.3 is 4.74 Å². The van der Waals surface area contributed by atoms with Crippen LogP contribution in [0.15, 0.2) is 11.1 Å². The molecule has 2 bridgehead atoms. The van der Waals surface area contributed by atoms with Gasteiger partial charge in [0.05, 0.1) is 18.9 Å². The molecule has 0 N–H and O–H groups in total. The van der Waals surface area contributed by atoms with Crippen molar-refractivity contribution in [3.63, 3.8) is 0 Å². The van der Waals surface area contributed by atoms with Crippen molar-refractivity contribution in [3.8, 4) is 0 Å². The minimum atomic E-state index is -3.47. The van der Waals surface area contributed by atoms with Crippen LogP contribution in [-0.2, 0) is 21.3 Å². The van der Waals surface area contributed by atoms with Crippen molar-refractivity contribution in [3.05, 3.63) is 11.9 Å². The van der Waals surface area contributed by atoms with Crippen LogP contribution in [-0.4, -0.2) is 72.8 Å². The predicted molar refractivity (Wildman–Crippen MR) is 98.4 cm³/mol. The fourth-order valence-electron chi connectivity index (χ4n) is 5.09. The lowest BCUT2D eigenvalue weighted by Gasteiger charge is -2.51. The quantitative estimate of drug-likeness (QED) is 0.786. The summed E-state index contributed by atoms with van der Waals surface area (Å²) >= 11 is 0. The molecule has 146 valence electrons. The smallest absolute Gasteiger partial charge is 0.246 e. The Morgan fingerprint density at radius 3 is 2.42 bits per heavy atom. The Hall–Kier alpha value is -0.960. The predicted octanol–water partition coefficient (Wildman–Crippen LogP) is 1.33. The highest BCUT2D eigenvalue weighted by Gasteiger charge is 2.46. The minimum absolute atomic E-state index is 0.377. The molecule has 3 heterocycles. The molecule has 0 aromatic carbocycles. The van der Waals surface area contributed by atoms with Gasteiger partial charge in [0.15, 0.2) is 0 Å². The molecule has 2 aliphatic heterocycles. The Morgan fingerprint density at radius 2 is 1.85 bits per heavy atom. The number of aromatic nitrogens is 2. The highest BCUT2D eigenvalue weighted by molar-refractivity contribution is 7.89. The number of piperidine rings is 1. The van der Waals surface area contributed by atoms with Crippen LogP contribution in [0.1, 0.15) is 31.9 Å². The van der Waals surface area contributed by atoms with Gasteiger partial charge in [0.25, 0.3) is 0 Å². The van der Waals surface area contributed by atoms with E-state index >= 15 is 0 Å². The summed E-state index contributed by atoms with van der Waals surface area (Å²) in [6.45, 7) is 9.28. The Labute approximate surface area is 156 Å². The third-order valence-electron chi connectivity index (χ3n) is 6.30. The summed E-state index contributed by atoms with van der Waals surface area (Å²) in [6.07, 6.45) is 5.15. The van der Waals surface area contributed by atoms with E-state index in [0.29, 0.717) is 48.1 Å².